The normalized spacial score (nSPS) is 10.9. The Hall–Kier alpha value is -1.07. The fourth-order valence-corrected chi connectivity index (χ4v) is 1.78. The molecule has 0 N–H and O–H groups in total. The van der Waals surface area contributed by atoms with Gasteiger partial charge in [0.05, 0.1) is 7.11 Å². The van der Waals surface area contributed by atoms with E-state index >= 15 is 0 Å². The largest absolute Gasteiger partial charge is 0.478 e. The third-order valence-electron chi connectivity index (χ3n) is 2.01. The third-order valence-corrected chi connectivity index (χ3v) is 2.64. The van der Waals surface area contributed by atoms with E-state index in [0.717, 1.165) is 15.6 Å². The summed E-state index contributed by atoms with van der Waals surface area (Å²) in [5, 5.41) is 0.939. The van der Waals surface area contributed by atoms with Gasteiger partial charge in [0.2, 0.25) is 0 Å². The van der Waals surface area contributed by atoms with E-state index in [1.54, 1.807) is 20.4 Å². The van der Waals surface area contributed by atoms with Crippen LogP contribution in [-0.2, 0) is 11.3 Å². The Morgan fingerprint density at radius 1 is 1.47 bits per heavy atom. The van der Waals surface area contributed by atoms with Crippen molar-refractivity contribution in [3.05, 3.63) is 22.5 Å². The predicted octanol–water partition coefficient (Wildman–Crippen LogP) is 2.75. The minimum absolute atomic E-state index is 0.435. The Morgan fingerprint density at radius 3 is 2.93 bits per heavy atom. The number of hydrogen-bond acceptors (Lipinski definition) is 4. The highest BCUT2D eigenvalue weighted by molar-refractivity contribution is 9.10. The Kier molecular flexibility index (Phi) is 2.93. The van der Waals surface area contributed by atoms with Crippen LogP contribution in [0.4, 0.5) is 0 Å². The smallest absolute Gasteiger partial charge is 0.258 e. The van der Waals surface area contributed by atoms with Gasteiger partial charge in [-0.1, -0.05) is 0 Å². The molecule has 0 aromatic carbocycles. The molecule has 2 aromatic rings. The Bertz CT molecular complexity index is 481. The summed E-state index contributed by atoms with van der Waals surface area (Å²) in [6, 6.07) is 1.91. The first-order valence-corrected chi connectivity index (χ1v) is 5.15. The van der Waals surface area contributed by atoms with Crippen molar-refractivity contribution < 1.29 is 13.9 Å². The van der Waals surface area contributed by atoms with Gasteiger partial charge in [-0.3, -0.25) is 0 Å². The predicted molar refractivity (Wildman–Crippen MR) is 59.0 cm³/mol. The van der Waals surface area contributed by atoms with Gasteiger partial charge < -0.3 is 13.9 Å². The topological polar surface area (TPSA) is 44.5 Å². The summed E-state index contributed by atoms with van der Waals surface area (Å²) in [5.74, 6) is 1.23. The summed E-state index contributed by atoms with van der Waals surface area (Å²) in [6.07, 6.45) is 1.69. The van der Waals surface area contributed by atoms with Crippen LogP contribution in [0.3, 0.4) is 0 Å². The first-order valence-electron chi connectivity index (χ1n) is 4.36. The minimum atomic E-state index is 0.435. The first-order chi connectivity index (χ1) is 7.26. The van der Waals surface area contributed by atoms with Crippen LogP contribution in [0, 0.1) is 0 Å². The van der Waals surface area contributed by atoms with Gasteiger partial charge in [0, 0.05) is 23.2 Å². The third kappa shape index (κ3) is 1.85. The summed E-state index contributed by atoms with van der Waals surface area (Å²) >= 11 is 3.41. The molecule has 4 nitrogen and oxygen atoms in total. The number of halogens is 1. The molecule has 0 unspecified atom stereocenters. The van der Waals surface area contributed by atoms with Crippen molar-refractivity contribution in [1.82, 2.24) is 4.98 Å². The molecule has 0 aliphatic carbocycles. The lowest BCUT2D eigenvalue weighted by atomic mass is 10.3. The van der Waals surface area contributed by atoms with Crippen molar-refractivity contribution in [2.24, 2.45) is 0 Å². The van der Waals surface area contributed by atoms with Crippen LogP contribution < -0.4 is 4.74 Å². The maximum absolute atomic E-state index is 5.57. The summed E-state index contributed by atoms with van der Waals surface area (Å²) in [5.41, 5.74) is 0.638. The van der Waals surface area contributed by atoms with Gasteiger partial charge in [0.25, 0.3) is 5.88 Å². The lowest BCUT2D eigenvalue weighted by Gasteiger charge is -1.99. The molecular formula is C10H10BrNO3. The zero-order valence-electron chi connectivity index (χ0n) is 8.41. The van der Waals surface area contributed by atoms with Gasteiger partial charge >= 0.3 is 0 Å². The molecule has 0 amide bonds. The van der Waals surface area contributed by atoms with E-state index in [9.17, 15) is 0 Å². The second-order valence-corrected chi connectivity index (χ2v) is 3.86. The Morgan fingerprint density at radius 2 is 2.27 bits per heavy atom. The van der Waals surface area contributed by atoms with Crippen LogP contribution in [0.2, 0.25) is 0 Å². The maximum atomic E-state index is 5.57. The molecule has 0 fully saturated rings. The number of ether oxygens (including phenoxy) is 2. The molecule has 0 atom stereocenters. The van der Waals surface area contributed by atoms with E-state index in [1.807, 2.05) is 6.07 Å². The molecule has 0 saturated carbocycles. The highest BCUT2D eigenvalue weighted by Crippen LogP contribution is 2.32. The van der Waals surface area contributed by atoms with E-state index in [-0.39, 0.29) is 0 Å². The quantitative estimate of drug-likeness (QED) is 0.861. The average molecular weight is 272 g/mol. The van der Waals surface area contributed by atoms with Crippen molar-refractivity contribution in [1.29, 1.82) is 0 Å². The van der Waals surface area contributed by atoms with Crippen LogP contribution in [-0.4, -0.2) is 19.2 Å². The second kappa shape index (κ2) is 4.20. The molecule has 15 heavy (non-hydrogen) atoms. The highest BCUT2D eigenvalue weighted by atomic mass is 79.9. The molecule has 80 valence electrons. The Labute approximate surface area is 95.3 Å². The van der Waals surface area contributed by atoms with E-state index in [4.69, 9.17) is 13.9 Å². The lowest BCUT2D eigenvalue weighted by molar-refractivity contribution is 0.166. The van der Waals surface area contributed by atoms with Gasteiger partial charge in [0.15, 0.2) is 5.58 Å². The molecule has 2 aromatic heterocycles. The number of rotatable bonds is 3. The van der Waals surface area contributed by atoms with E-state index in [1.165, 1.54) is 0 Å². The van der Waals surface area contributed by atoms with Crippen LogP contribution >= 0.6 is 15.9 Å². The molecule has 0 aliphatic heterocycles. The maximum Gasteiger partial charge on any atom is 0.258 e. The van der Waals surface area contributed by atoms with Crippen molar-refractivity contribution in [2.45, 2.75) is 6.61 Å². The van der Waals surface area contributed by atoms with Gasteiger partial charge in [-0.05, 0) is 22.0 Å². The molecule has 2 rings (SSSR count). The lowest BCUT2D eigenvalue weighted by Crippen LogP contribution is -1.87. The molecule has 0 spiro atoms. The molecule has 2 heterocycles. The highest BCUT2D eigenvalue weighted by Gasteiger charge is 2.12. The SMILES string of the molecule is COCc1cc2c(Br)cnc(OC)c2o1. The minimum Gasteiger partial charge on any atom is -0.478 e. The molecule has 0 bridgehead atoms. The molecule has 0 radical (unpaired) electrons. The number of fused-ring (bicyclic) bond motifs is 1. The average Bonchev–Trinajstić information content (AvgIpc) is 2.64. The van der Waals surface area contributed by atoms with E-state index < -0.39 is 0 Å². The number of aromatic nitrogens is 1. The summed E-state index contributed by atoms with van der Waals surface area (Å²) < 4.78 is 16.6. The van der Waals surface area contributed by atoms with Crippen LogP contribution in [0.15, 0.2) is 21.2 Å². The number of pyridine rings is 1. The van der Waals surface area contributed by atoms with Crippen LogP contribution in [0.5, 0.6) is 5.88 Å². The first kappa shape index (κ1) is 10.4. The van der Waals surface area contributed by atoms with E-state index in [2.05, 4.69) is 20.9 Å². The van der Waals surface area contributed by atoms with E-state index in [0.29, 0.717) is 18.1 Å². The van der Waals surface area contributed by atoms with Crippen molar-refractivity contribution >= 4 is 26.9 Å². The van der Waals surface area contributed by atoms with Crippen molar-refractivity contribution in [2.75, 3.05) is 14.2 Å². The summed E-state index contributed by atoms with van der Waals surface area (Å²) in [4.78, 5) is 4.09. The van der Waals surface area contributed by atoms with Gasteiger partial charge in [-0.2, -0.15) is 0 Å². The molecule has 0 aliphatic rings. The fourth-order valence-electron chi connectivity index (χ4n) is 1.38. The zero-order valence-corrected chi connectivity index (χ0v) is 10.00. The van der Waals surface area contributed by atoms with Crippen molar-refractivity contribution in [3.8, 4) is 5.88 Å². The van der Waals surface area contributed by atoms with Crippen molar-refractivity contribution in [3.63, 3.8) is 0 Å². The monoisotopic (exact) mass is 271 g/mol. The standard InChI is InChI=1S/C10H10BrNO3/c1-13-5-6-3-7-8(11)4-12-10(14-2)9(7)15-6/h3-4H,5H2,1-2H3. The molecular weight excluding hydrogens is 262 g/mol. The van der Waals surface area contributed by atoms with Gasteiger partial charge in [-0.15, -0.1) is 0 Å². The Balaban J connectivity index is 2.61. The van der Waals surface area contributed by atoms with Crippen LogP contribution in [0.1, 0.15) is 5.76 Å². The fraction of sp³-hybridized carbons (Fsp3) is 0.300. The number of hydrogen-bond donors (Lipinski definition) is 0. The second-order valence-electron chi connectivity index (χ2n) is 3.00. The number of furan rings is 1. The summed E-state index contributed by atoms with van der Waals surface area (Å²) in [6.45, 7) is 0.435. The van der Waals surface area contributed by atoms with Crippen LogP contribution in [0.25, 0.3) is 11.0 Å². The molecule has 0 saturated heterocycles. The van der Waals surface area contributed by atoms with Gasteiger partial charge in [-0.25, -0.2) is 4.98 Å². The number of nitrogens with zero attached hydrogens (tertiary/aromatic N) is 1. The summed E-state index contributed by atoms with van der Waals surface area (Å²) in [7, 11) is 3.19. The zero-order chi connectivity index (χ0) is 10.8. The van der Waals surface area contributed by atoms with Gasteiger partial charge in [0.1, 0.15) is 12.4 Å². The molecule has 5 heteroatoms. The number of methoxy groups -OCH3 is 2.